The van der Waals surface area contributed by atoms with Crippen LogP contribution in [0.4, 0.5) is 0 Å². The van der Waals surface area contributed by atoms with Gasteiger partial charge in [-0.1, -0.05) is 35.9 Å². The Labute approximate surface area is 85.3 Å². The molecule has 0 aromatic carbocycles. The van der Waals surface area contributed by atoms with Gasteiger partial charge in [-0.2, -0.15) is 0 Å². The second kappa shape index (κ2) is 4.48. The predicted molar refractivity (Wildman–Crippen MR) is 59.8 cm³/mol. The lowest BCUT2D eigenvalue weighted by Crippen LogP contribution is -1.93. The SMILES string of the molecule is C=C1C=C(Cl)CC/C1=C/C=C(C)C. The van der Waals surface area contributed by atoms with Crippen molar-refractivity contribution in [1.29, 1.82) is 0 Å². The third-order valence-corrected chi connectivity index (χ3v) is 2.29. The van der Waals surface area contributed by atoms with Crippen molar-refractivity contribution in [3.63, 3.8) is 0 Å². The summed E-state index contributed by atoms with van der Waals surface area (Å²) in [6, 6.07) is 0. The lowest BCUT2D eigenvalue weighted by atomic mass is 9.96. The van der Waals surface area contributed by atoms with Gasteiger partial charge in [0.15, 0.2) is 0 Å². The maximum absolute atomic E-state index is 5.90. The van der Waals surface area contributed by atoms with Crippen molar-refractivity contribution in [2.75, 3.05) is 0 Å². The molecule has 0 fully saturated rings. The number of hydrogen-bond donors (Lipinski definition) is 0. The monoisotopic (exact) mass is 194 g/mol. The number of rotatable bonds is 1. The van der Waals surface area contributed by atoms with E-state index in [0.29, 0.717) is 0 Å². The van der Waals surface area contributed by atoms with E-state index in [1.54, 1.807) is 0 Å². The van der Waals surface area contributed by atoms with Crippen molar-refractivity contribution >= 4 is 11.6 Å². The van der Waals surface area contributed by atoms with E-state index in [-0.39, 0.29) is 0 Å². The zero-order valence-electron chi connectivity index (χ0n) is 8.23. The van der Waals surface area contributed by atoms with Crippen molar-refractivity contribution < 1.29 is 0 Å². The molecule has 0 aromatic heterocycles. The Balaban J connectivity index is 2.80. The highest BCUT2D eigenvalue weighted by atomic mass is 35.5. The van der Waals surface area contributed by atoms with Crippen LogP contribution < -0.4 is 0 Å². The van der Waals surface area contributed by atoms with E-state index in [1.807, 2.05) is 6.08 Å². The first-order chi connectivity index (χ1) is 6.09. The highest BCUT2D eigenvalue weighted by molar-refractivity contribution is 6.29. The molecule has 1 aliphatic rings. The Bertz CT molecular complexity index is 299. The smallest absolute Gasteiger partial charge is 0.0190 e. The van der Waals surface area contributed by atoms with Crippen molar-refractivity contribution in [3.05, 3.63) is 46.6 Å². The molecule has 0 spiro atoms. The molecule has 0 bridgehead atoms. The van der Waals surface area contributed by atoms with Gasteiger partial charge in [-0.25, -0.2) is 0 Å². The van der Waals surface area contributed by atoms with E-state index in [1.165, 1.54) is 11.1 Å². The molecule has 1 rings (SSSR count). The number of allylic oxidation sites excluding steroid dienone is 7. The molecule has 0 saturated carbocycles. The lowest BCUT2D eigenvalue weighted by Gasteiger charge is -2.13. The van der Waals surface area contributed by atoms with Crippen LogP contribution in [0.1, 0.15) is 26.7 Å². The molecule has 0 amide bonds. The Morgan fingerprint density at radius 3 is 2.69 bits per heavy atom. The molecule has 0 aliphatic heterocycles. The van der Waals surface area contributed by atoms with E-state index in [9.17, 15) is 0 Å². The van der Waals surface area contributed by atoms with Crippen molar-refractivity contribution in [2.45, 2.75) is 26.7 Å². The zero-order chi connectivity index (χ0) is 9.84. The predicted octanol–water partition coefficient (Wildman–Crippen LogP) is 4.35. The maximum atomic E-state index is 5.90. The van der Waals surface area contributed by atoms with Crippen LogP contribution in [0.25, 0.3) is 0 Å². The van der Waals surface area contributed by atoms with Crippen molar-refractivity contribution in [3.8, 4) is 0 Å². The Morgan fingerprint density at radius 1 is 1.46 bits per heavy atom. The normalized spacial score (nSPS) is 20.1. The van der Waals surface area contributed by atoms with Gasteiger partial charge in [-0.15, -0.1) is 0 Å². The summed E-state index contributed by atoms with van der Waals surface area (Å²) in [5.74, 6) is 0. The summed E-state index contributed by atoms with van der Waals surface area (Å²) in [6.45, 7) is 8.14. The van der Waals surface area contributed by atoms with Gasteiger partial charge >= 0.3 is 0 Å². The van der Waals surface area contributed by atoms with Gasteiger partial charge in [-0.3, -0.25) is 0 Å². The molecule has 0 saturated heterocycles. The van der Waals surface area contributed by atoms with Gasteiger partial charge in [0.2, 0.25) is 0 Å². The Kier molecular flexibility index (Phi) is 3.56. The van der Waals surface area contributed by atoms with E-state index in [4.69, 9.17) is 11.6 Å². The van der Waals surface area contributed by atoms with Crippen LogP contribution in [-0.4, -0.2) is 0 Å². The molecule has 0 aromatic rings. The summed E-state index contributed by atoms with van der Waals surface area (Å²) in [7, 11) is 0. The maximum Gasteiger partial charge on any atom is 0.0190 e. The van der Waals surface area contributed by atoms with Crippen LogP contribution >= 0.6 is 11.6 Å². The fourth-order valence-electron chi connectivity index (χ4n) is 1.23. The zero-order valence-corrected chi connectivity index (χ0v) is 8.99. The van der Waals surface area contributed by atoms with E-state index in [0.717, 1.165) is 23.4 Å². The van der Waals surface area contributed by atoms with Crippen LogP contribution in [-0.2, 0) is 0 Å². The molecule has 13 heavy (non-hydrogen) atoms. The van der Waals surface area contributed by atoms with E-state index in [2.05, 4.69) is 32.6 Å². The quantitative estimate of drug-likeness (QED) is 0.582. The molecule has 0 N–H and O–H groups in total. The van der Waals surface area contributed by atoms with Crippen LogP contribution in [0, 0.1) is 0 Å². The second-order valence-corrected chi connectivity index (χ2v) is 4.04. The van der Waals surface area contributed by atoms with Crippen LogP contribution in [0.3, 0.4) is 0 Å². The highest BCUT2D eigenvalue weighted by Crippen LogP contribution is 2.28. The molecular formula is C12H15Cl. The lowest BCUT2D eigenvalue weighted by molar-refractivity contribution is 0.953. The molecule has 1 heteroatoms. The molecule has 0 heterocycles. The van der Waals surface area contributed by atoms with Gasteiger partial charge in [-0.05, 0) is 43.9 Å². The summed E-state index contributed by atoms with van der Waals surface area (Å²) in [5, 5.41) is 0.916. The first-order valence-corrected chi connectivity index (χ1v) is 4.87. The minimum Gasteiger partial charge on any atom is -0.0914 e. The summed E-state index contributed by atoms with van der Waals surface area (Å²) >= 11 is 5.90. The fraction of sp³-hybridized carbons (Fsp3) is 0.333. The van der Waals surface area contributed by atoms with Gasteiger partial charge < -0.3 is 0 Å². The van der Waals surface area contributed by atoms with E-state index < -0.39 is 0 Å². The largest absolute Gasteiger partial charge is 0.0914 e. The Hall–Kier alpha value is -0.750. The molecule has 0 atom stereocenters. The first kappa shape index (κ1) is 10.3. The summed E-state index contributed by atoms with van der Waals surface area (Å²) < 4.78 is 0. The number of halogens is 1. The minimum atomic E-state index is 0.916. The number of hydrogen-bond acceptors (Lipinski definition) is 0. The summed E-state index contributed by atoms with van der Waals surface area (Å²) in [5.41, 5.74) is 3.65. The van der Waals surface area contributed by atoms with Gasteiger partial charge in [0.25, 0.3) is 0 Å². The average Bonchev–Trinajstić information content (AvgIpc) is 2.02. The topological polar surface area (TPSA) is 0 Å². The van der Waals surface area contributed by atoms with E-state index >= 15 is 0 Å². The first-order valence-electron chi connectivity index (χ1n) is 4.49. The molecule has 70 valence electrons. The molecule has 0 unspecified atom stereocenters. The van der Waals surface area contributed by atoms with Crippen LogP contribution in [0.5, 0.6) is 0 Å². The van der Waals surface area contributed by atoms with Crippen molar-refractivity contribution in [1.82, 2.24) is 0 Å². The average molecular weight is 195 g/mol. The minimum absolute atomic E-state index is 0.916. The van der Waals surface area contributed by atoms with Crippen LogP contribution in [0.15, 0.2) is 46.6 Å². The summed E-state index contributed by atoms with van der Waals surface area (Å²) in [6.07, 6.45) is 8.17. The van der Waals surface area contributed by atoms with Gasteiger partial charge in [0, 0.05) is 5.03 Å². The van der Waals surface area contributed by atoms with Crippen molar-refractivity contribution in [2.24, 2.45) is 0 Å². The second-order valence-electron chi connectivity index (χ2n) is 3.55. The third kappa shape index (κ3) is 3.23. The Morgan fingerprint density at radius 2 is 2.15 bits per heavy atom. The molecule has 0 radical (unpaired) electrons. The summed E-state index contributed by atoms with van der Waals surface area (Å²) in [4.78, 5) is 0. The highest BCUT2D eigenvalue weighted by Gasteiger charge is 2.08. The fourth-order valence-corrected chi connectivity index (χ4v) is 1.45. The molecule has 1 aliphatic carbocycles. The van der Waals surface area contributed by atoms with Gasteiger partial charge in [0.05, 0.1) is 0 Å². The van der Waals surface area contributed by atoms with Crippen LogP contribution in [0.2, 0.25) is 0 Å². The molecule has 0 nitrogen and oxygen atoms in total. The van der Waals surface area contributed by atoms with Gasteiger partial charge in [0.1, 0.15) is 0 Å². The standard InChI is InChI=1S/C12H15Cl/c1-9(2)4-5-11-6-7-12(13)8-10(11)3/h4-5,8H,3,6-7H2,1-2H3/b11-5-. The molecular weight excluding hydrogens is 180 g/mol. The third-order valence-electron chi connectivity index (χ3n) is 1.99.